The molecule has 3 rings (SSSR count). The Hall–Kier alpha value is -3.41. The van der Waals surface area contributed by atoms with Gasteiger partial charge in [-0.05, 0) is 31.2 Å². The Morgan fingerprint density at radius 1 is 1.12 bits per heavy atom. The number of benzene rings is 2. The van der Waals surface area contributed by atoms with Gasteiger partial charge in [0.2, 0.25) is 5.90 Å². The molecule has 0 unspecified atom stereocenters. The first-order valence-electron chi connectivity index (χ1n) is 8.13. The highest BCUT2D eigenvalue weighted by Crippen LogP contribution is 2.24. The Balaban J connectivity index is 1.82. The Labute approximate surface area is 150 Å². The minimum atomic E-state index is -0.538. The Bertz CT molecular complexity index is 871. The molecule has 0 aliphatic carbocycles. The van der Waals surface area contributed by atoms with Crippen LogP contribution in [0.1, 0.15) is 18.1 Å². The lowest BCUT2D eigenvalue weighted by Gasteiger charge is -2.08. The van der Waals surface area contributed by atoms with Gasteiger partial charge in [-0.2, -0.15) is 0 Å². The molecule has 0 bridgehead atoms. The van der Waals surface area contributed by atoms with Gasteiger partial charge >= 0.3 is 11.9 Å². The fourth-order valence-electron chi connectivity index (χ4n) is 2.33. The Kier molecular flexibility index (Phi) is 5.43. The average molecular weight is 351 g/mol. The summed E-state index contributed by atoms with van der Waals surface area (Å²) in [5.41, 5.74) is 1.49. The zero-order chi connectivity index (χ0) is 18.4. The molecule has 0 saturated heterocycles. The van der Waals surface area contributed by atoms with Crippen LogP contribution < -0.4 is 4.74 Å². The summed E-state index contributed by atoms with van der Waals surface area (Å²) < 4.78 is 15.6. The van der Waals surface area contributed by atoms with E-state index in [2.05, 4.69) is 4.99 Å². The lowest BCUT2D eigenvalue weighted by molar-refractivity contribution is -0.145. The Morgan fingerprint density at radius 3 is 2.62 bits per heavy atom. The molecule has 6 nitrogen and oxygen atoms in total. The van der Waals surface area contributed by atoms with E-state index in [1.54, 1.807) is 37.3 Å². The molecule has 2 aromatic carbocycles. The van der Waals surface area contributed by atoms with Crippen molar-refractivity contribution < 1.29 is 23.8 Å². The number of hydrogen-bond acceptors (Lipinski definition) is 6. The van der Waals surface area contributed by atoms with Crippen molar-refractivity contribution in [2.45, 2.75) is 6.92 Å². The number of rotatable bonds is 6. The van der Waals surface area contributed by atoms with Gasteiger partial charge in [0, 0.05) is 11.1 Å². The maximum atomic E-state index is 12.1. The first-order valence-corrected chi connectivity index (χ1v) is 8.13. The van der Waals surface area contributed by atoms with Crippen LogP contribution in [0.3, 0.4) is 0 Å². The van der Waals surface area contributed by atoms with E-state index in [1.165, 1.54) is 0 Å². The summed E-state index contributed by atoms with van der Waals surface area (Å²) in [5.74, 6) is -0.292. The molecule has 0 radical (unpaired) electrons. The molecule has 0 aromatic heterocycles. The van der Waals surface area contributed by atoms with Crippen LogP contribution in [0, 0.1) is 0 Å². The number of hydrogen-bond donors (Lipinski definition) is 0. The van der Waals surface area contributed by atoms with Gasteiger partial charge in [-0.1, -0.05) is 36.4 Å². The number of para-hydroxylation sites is 1. The van der Waals surface area contributed by atoms with E-state index >= 15 is 0 Å². The van der Waals surface area contributed by atoms with Gasteiger partial charge in [0.05, 0.1) is 6.61 Å². The first kappa shape index (κ1) is 17.4. The van der Waals surface area contributed by atoms with Crippen molar-refractivity contribution in [2.75, 3.05) is 13.2 Å². The minimum absolute atomic E-state index is 0.163. The number of carbonyl (C=O) groups excluding carboxylic acids is 2. The second kappa shape index (κ2) is 8.11. The van der Waals surface area contributed by atoms with E-state index in [0.717, 1.165) is 5.56 Å². The maximum Gasteiger partial charge on any atom is 0.363 e. The Morgan fingerprint density at radius 2 is 1.85 bits per heavy atom. The molecular weight excluding hydrogens is 334 g/mol. The molecule has 0 N–H and O–H groups in total. The quantitative estimate of drug-likeness (QED) is 0.591. The van der Waals surface area contributed by atoms with Crippen molar-refractivity contribution in [3.63, 3.8) is 0 Å². The third kappa shape index (κ3) is 4.16. The summed E-state index contributed by atoms with van der Waals surface area (Å²) in [6.45, 7) is 1.80. The summed E-state index contributed by atoms with van der Waals surface area (Å²) in [7, 11) is 0. The van der Waals surface area contributed by atoms with Crippen LogP contribution in [0.5, 0.6) is 5.75 Å². The number of cyclic esters (lactones) is 1. The van der Waals surface area contributed by atoms with Gasteiger partial charge < -0.3 is 14.2 Å². The average Bonchev–Trinajstić information content (AvgIpc) is 3.03. The van der Waals surface area contributed by atoms with Crippen LogP contribution in [0.25, 0.3) is 6.08 Å². The monoisotopic (exact) mass is 351 g/mol. The molecule has 0 amide bonds. The van der Waals surface area contributed by atoms with E-state index in [0.29, 0.717) is 11.3 Å². The molecule has 0 fully saturated rings. The molecular formula is C20H17NO5. The van der Waals surface area contributed by atoms with Crippen LogP contribution in [0.15, 0.2) is 65.3 Å². The van der Waals surface area contributed by atoms with Crippen molar-refractivity contribution in [3.05, 3.63) is 71.4 Å². The fourth-order valence-corrected chi connectivity index (χ4v) is 2.33. The number of ether oxygens (including phenoxy) is 3. The minimum Gasteiger partial charge on any atom is -0.481 e. The second-order valence-electron chi connectivity index (χ2n) is 5.33. The molecule has 1 aliphatic rings. The van der Waals surface area contributed by atoms with E-state index in [-0.39, 0.29) is 24.8 Å². The largest absolute Gasteiger partial charge is 0.481 e. The fraction of sp³-hybridized carbons (Fsp3) is 0.150. The summed E-state index contributed by atoms with van der Waals surface area (Å²) >= 11 is 0. The number of esters is 2. The van der Waals surface area contributed by atoms with Crippen LogP contribution in [-0.2, 0) is 19.1 Å². The molecule has 26 heavy (non-hydrogen) atoms. The van der Waals surface area contributed by atoms with Crippen LogP contribution in [-0.4, -0.2) is 31.1 Å². The van der Waals surface area contributed by atoms with Gasteiger partial charge in [0.25, 0.3) is 0 Å². The van der Waals surface area contributed by atoms with Crippen molar-refractivity contribution in [1.82, 2.24) is 0 Å². The van der Waals surface area contributed by atoms with Crippen molar-refractivity contribution >= 4 is 23.9 Å². The molecule has 132 valence electrons. The molecule has 0 saturated carbocycles. The summed E-state index contributed by atoms with van der Waals surface area (Å²) in [5, 5.41) is 0. The molecule has 0 atom stereocenters. The standard InChI is InChI=1S/C20H17NO5/c1-2-24-18(22)13-25-17-11-7-6-10-15(17)12-16-20(23)26-19(21-16)14-8-4-3-5-9-14/h3-12H,2,13H2,1H3/b16-12-. The van der Waals surface area contributed by atoms with Crippen LogP contribution >= 0.6 is 0 Å². The SMILES string of the molecule is CCOC(=O)COc1ccccc1/C=C1\N=C(c2ccccc2)OC1=O. The van der Waals surface area contributed by atoms with Gasteiger partial charge in [-0.3, -0.25) is 0 Å². The number of carbonyl (C=O) groups is 2. The van der Waals surface area contributed by atoms with Crippen molar-refractivity contribution in [2.24, 2.45) is 4.99 Å². The first-order chi connectivity index (χ1) is 12.7. The third-order valence-electron chi connectivity index (χ3n) is 3.50. The van der Waals surface area contributed by atoms with E-state index < -0.39 is 11.9 Å². The molecule has 1 heterocycles. The smallest absolute Gasteiger partial charge is 0.363 e. The lowest BCUT2D eigenvalue weighted by Crippen LogP contribution is -2.14. The van der Waals surface area contributed by atoms with Crippen molar-refractivity contribution in [3.8, 4) is 5.75 Å². The normalized spacial score (nSPS) is 14.7. The molecule has 0 spiro atoms. The van der Waals surface area contributed by atoms with Gasteiger partial charge in [-0.25, -0.2) is 14.6 Å². The van der Waals surface area contributed by atoms with Crippen LogP contribution in [0.4, 0.5) is 0 Å². The van der Waals surface area contributed by atoms with Crippen molar-refractivity contribution in [1.29, 1.82) is 0 Å². The molecule has 2 aromatic rings. The maximum absolute atomic E-state index is 12.1. The zero-order valence-corrected chi connectivity index (χ0v) is 14.2. The van der Waals surface area contributed by atoms with Gasteiger partial charge in [0.15, 0.2) is 12.3 Å². The highest BCUT2D eigenvalue weighted by atomic mass is 16.6. The predicted octanol–water partition coefficient (Wildman–Crippen LogP) is 2.97. The summed E-state index contributed by atoms with van der Waals surface area (Å²) in [6, 6.07) is 16.2. The number of aliphatic imine (C=N–C) groups is 1. The second-order valence-corrected chi connectivity index (χ2v) is 5.33. The third-order valence-corrected chi connectivity index (χ3v) is 3.50. The van der Waals surface area contributed by atoms with E-state index in [9.17, 15) is 9.59 Å². The predicted molar refractivity (Wildman–Crippen MR) is 95.6 cm³/mol. The topological polar surface area (TPSA) is 74.2 Å². The van der Waals surface area contributed by atoms with Gasteiger partial charge in [0.1, 0.15) is 5.75 Å². The number of nitrogens with zero attached hydrogens (tertiary/aromatic N) is 1. The highest BCUT2D eigenvalue weighted by molar-refractivity contribution is 6.12. The van der Waals surface area contributed by atoms with E-state index in [1.807, 2.05) is 30.3 Å². The van der Waals surface area contributed by atoms with Crippen LogP contribution in [0.2, 0.25) is 0 Å². The van der Waals surface area contributed by atoms with Gasteiger partial charge in [-0.15, -0.1) is 0 Å². The summed E-state index contributed by atoms with van der Waals surface area (Å²) in [4.78, 5) is 27.8. The lowest BCUT2D eigenvalue weighted by atomic mass is 10.1. The molecule has 6 heteroatoms. The summed E-state index contributed by atoms with van der Waals surface area (Å²) in [6.07, 6.45) is 1.57. The molecule has 1 aliphatic heterocycles. The van der Waals surface area contributed by atoms with E-state index in [4.69, 9.17) is 14.2 Å². The zero-order valence-electron chi connectivity index (χ0n) is 14.2. The highest BCUT2D eigenvalue weighted by Gasteiger charge is 2.24.